The lowest BCUT2D eigenvalue weighted by atomic mass is 9.50. The lowest BCUT2D eigenvalue weighted by Crippen LogP contribution is -2.59. The summed E-state index contributed by atoms with van der Waals surface area (Å²) in [5.74, 6) is 0.304. The molecule has 0 aromatic heterocycles. The fourth-order valence-electron chi connectivity index (χ4n) is 5.03. The third-order valence-electron chi connectivity index (χ3n) is 5.60. The van der Waals surface area contributed by atoms with E-state index in [1.165, 1.54) is 0 Å². The highest BCUT2D eigenvalue weighted by Gasteiger charge is 2.73. The van der Waals surface area contributed by atoms with Crippen LogP contribution < -0.4 is 0 Å². The maximum atomic E-state index is 10.3. The standard InChI is InChI=1S/C15H22O4/c1-4-10-15(7-8-5-6-9(16)11(8)15)12-13(17-10)19-14(2,3)18-12/h4,8-13,16H,1,5-7H2,2-3H3/t8-,9+,10+,11+,12-,13+,15-/m0/s1. The number of aliphatic hydroxyl groups is 1. The monoisotopic (exact) mass is 266 g/mol. The van der Waals surface area contributed by atoms with Crippen molar-refractivity contribution in [3.05, 3.63) is 12.7 Å². The molecule has 1 N–H and O–H groups in total. The Morgan fingerprint density at radius 1 is 1.26 bits per heavy atom. The van der Waals surface area contributed by atoms with E-state index in [1.807, 2.05) is 19.9 Å². The number of hydrogen-bond acceptors (Lipinski definition) is 4. The molecule has 2 saturated heterocycles. The van der Waals surface area contributed by atoms with Gasteiger partial charge in [0.2, 0.25) is 0 Å². The lowest BCUT2D eigenvalue weighted by Gasteiger charge is -2.55. The second-order valence-corrected chi connectivity index (χ2v) is 6.96. The zero-order valence-corrected chi connectivity index (χ0v) is 11.5. The van der Waals surface area contributed by atoms with E-state index in [-0.39, 0.29) is 35.9 Å². The Morgan fingerprint density at radius 2 is 2.05 bits per heavy atom. The molecule has 0 radical (unpaired) electrons. The molecule has 4 nitrogen and oxygen atoms in total. The van der Waals surface area contributed by atoms with Crippen molar-refractivity contribution in [2.45, 2.75) is 63.5 Å². The van der Waals surface area contributed by atoms with Crippen molar-refractivity contribution in [1.82, 2.24) is 0 Å². The third-order valence-corrected chi connectivity index (χ3v) is 5.60. The quantitative estimate of drug-likeness (QED) is 0.736. The summed E-state index contributed by atoms with van der Waals surface area (Å²) in [6, 6.07) is 0. The Morgan fingerprint density at radius 3 is 2.74 bits per heavy atom. The van der Waals surface area contributed by atoms with Crippen LogP contribution in [0.1, 0.15) is 33.1 Å². The molecule has 7 atom stereocenters. The predicted molar refractivity (Wildman–Crippen MR) is 68.2 cm³/mol. The average molecular weight is 266 g/mol. The smallest absolute Gasteiger partial charge is 0.188 e. The zero-order chi connectivity index (χ0) is 13.4. The highest BCUT2D eigenvalue weighted by Crippen LogP contribution is 2.68. The van der Waals surface area contributed by atoms with Gasteiger partial charge >= 0.3 is 0 Å². The van der Waals surface area contributed by atoms with Crippen molar-refractivity contribution in [3.8, 4) is 0 Å². The average Bonchev–Trinajstić information content (AvgIpc) is 2.85. The van der Waals surface area contributed by atoms with Crippen molar-refractivity contribution in [3.63, 3.8) is 0 Å². The molecule has 19 heavy (non-hydrogen) atoms. The molecular formula is C15H22O4. The number of aliphatic hydroxyl groups excluding tert-OH is 1. The number of ether oxygens (including phenoxy) is 3. The van der Waals surface area contributed by atoms with Gasteiger partial charge in [-0.05, 0) is 44.9 Å². The van der Waals surface area contributed by atoms with Crippen molar-refractivity contribution in [1.29, 1.82) is 0 Å². The first-order valence-corrected chi connectivity index (χ1v) is 7.30. The minimum Gasteiger partial charge on any atom is -0.393 e. The summed E-state index contributed by atoms with van der Waals surface area (Å²) in [7, 11) is 0. The van der Waals surface area contributed by atoms with Gasteiger partial charge in [-0.25, -0.2) is 0 Å². The van der Waals surface area contributed by atoms with Crippen molar-refractivity contribution < 1.29 is 19.3 Å². The first-order valence-electron chi connectivity index (χ1n) is 7.30. The van der Waals surface area contributed by atoms with E-state index in [4.69, 9.17) is 14.2 Å². The first-order chi connectivity index (χ1) is 8.98. The van der Waals surface area contributed by atoms with Gasteiger partial charge in [0.1, 0.15) is 6.10 Å². The van der Waals surface area contributed by atoms with Crippen LogP contribution in [0.4, 0.5) is 0 Å². The van der Waals surface area contributed by atoms with Gasteiger partial charge in [0, 0.05) is 5.41 Å². The van der Waals surface area contributed by atoms with Crippen LogP contribution in [0.5, 0.6) is 0 Å². The Balaban J connectivity index is 1.71. The molecule has 4 fully saturated rings. The topological polar surface area (TPSA) is 47.9 Å². The van der Waals surface area contributed by atoms with Crippen LogP contribution in [-0.4, -0.2) is 35.5 Å². The molecule has 4 aliphatic rings. The van der Waals surface area contributed by atoms with E-state index in [0.717, 1.165) is 19.3 Å². The van der Waals surface area contributed by atoms with E-state index >= 15 is 0 Å². The van der Waals surface area contributed by atoms with Crippen LogP contribution in [-0.2, 0) is 14.2 Å². The van der Waals surface area contributed by atoms with Crippen LogP contribution in [0.15, 0.2) is 12.7 Å². The molecule has 2 aliphatic heterocycles. The second-order valence-electron chi connectivity index (χ2n) is 6.96. The SMILES string of the molecule is C=C[C@H]1O[C@@H]2OC(C)(C)O[C@@H]2[C@@]12C[C@@H]1CC[C@@H](O)[C@@H]12. The summed E-state index contributed by atoms with van der Waals surface area (Å²) in [5.41, 5.74) is -0.124. The van der Waals surface area contributed by atoms with Gasteiger partial charge in [0.05, 0.1) is 12.2 Å². The van der Waals surface area contributed by atoms with E-state index in [9.17, 15) is 5.11 Å². The summed E-state index contributed by atoms with van der Waals surface area (Å²) >= 11 is 0. The van der Waals surface area contributed by atoms with Crippen LogP contribution in [0.3, 0.4) is 0 Å². The molecule has 0 amide bonds. The largest absolute Gasteiger partial charge is 0.393 e. The summed E-state index contributed by atoms with van der Waals surface area (Å²) in [4.78, 5) is 0. The molecule has 0 bridgehead atoms. The van der Waals surface area contributed by atoms with E-state index < -0.39 is 5.79 Å². The Kier molecular flexibility index (Phi) is 2.34. The van der Waals surface area contributed by atoms with Gasteiger partial charge < -0.3 is 19.3 Å². The highest BCUT2D eigenvalue weighted by molar-refractivity contribution is 5.21. The van der Waals surface area contributed by atoms with Crippen LogP contribution in [0.25, 0.3) is 0 Å². The highest BCUT2D eigenvalue weighted by atomic mass is 16.8. The first kappa shape index (κ1) is 12.3. The fourth-order valence-corrected chi connectivity index (χ4v) is 5.03. The van der Waals surface area contributed by atoms with E-state index in [0.29, 0.717) is 5.92 Å². The molecular weight excluding hydrogens is 244 g/mol. The van der Waals surface area contributed by atoms with Gasteiger partial charge in [-0.1, -0.05) is 6.08 Å². The van der Waals surface area contributed by atoms with Gasteiger partial charge in [0.15, 0.2) is 12.1 Å². The minimum absolute atomic E-state index is 0.0624. The van der Waals surface area contributed by atoms with E-state index in [1.54, 1.807) is 0 Å². The molecule has 2 saturated carbocycles. The van der Waals surface area contributed by atoms with Crippen LogP contribution in [0, 0.1) is 17.3 Å². The molecule has 4 heteroatoms. The second kappa shape index (κ2) is 3.61. The van der Waals surface area contributed by atoms with Gasteiger partial charge in [-0.15, -0.1) is 6.58 Å². The van der Waals surface area contributed by atoms with Crippen LogP contribution in [0.2, 0.25) is 0 Å². The molecule has 0 aromatic carbocycles. The third kappa shape index (κ3) is 1.38. The summed E-state index contributed by atoms with van der Waals surface area (Å²) in [5, 5.41) is 10.3. The van der Waals surface area contributed by atoms with Crippen molar-refractivity contribution in [2.75, 3.05) is 0 Å². The molecule has 4 rings (SSSR count). The maximum absolute atomic E-state index is 10.3. The normalized spacial score (nSPS) is 57.8. The fraction of sp³-hybridized carbons (Fsp3) is 0.867. The van der Waals surface area contributed by atoms with Gasteiger partial charge in [0.25, 0.3) is 0 Å². The zero-order valence-electron chi connectivity index (χ0n) is 11.5. The molecule has 0 unspecified atom stereocenters. The van der Waals surface area contributed by atoms with E-state index in [2.05, 4.69) is 6.58 Å². The Labute approximate surface area is 113 Å². The lowest BCUT2D eigenvalue weighted by molar-refractivity contribution is -0.237. The Hall–Kier alpha value is -0.420. The molecule has 2 heterocycles. The molecule has 1 spiro atoms. The maximum Gasteiger partial charge on any atom is 0.188 e. The van der Waals surface area contributed by atoms with Crippen LogP contribution >= 0.6 is 0 Å². The van der Waals surface area contributed by atoms with Gasteiger partial charge in [-0.3, -0.25) is 0 Å². The summed E-state index contributed by atoms with van der Waals surface area (Å²) in [6.07, 6.45) is 4.28. The Bertz CT molecular complexity index is 414. The van der Waals surface area contributed by atoms with Crippen molar-refractivity contribution >= 4 is 0 Å². The number of fused-ring (bicyclic) bond motifs is 4. The minimum atomic E-state index is -0.594. The molecule has 0 aromatic rings. The van der Waals surface area contributed by atoms with Crippen molar-refractivity contribution in [2.24, 2.45) is 17.3 Å². The molecule has 106 valence electrons. The molecule has 2 aliphatic carbocycles. The van der Waals surface area contributed by atoms with Gasteiger partial charge in [-0.2, -0.15) is 0 Å². The summed E-state index contributed by atoms with van der Waals surface area (Å²) < 4.78 is 18.0. The predicted octanol–water partition coefficient (Wildman–Crippen LogP) is 1.83. The number of rotatable bonds is 1. The summed E-state index contributed by atoms with van der Waals surface area (Å²) in [6.45, 7) is 7.75. The number of hydrogen-bond donors (Lipinski definition) is 1.